The molecule has 0 amide bonds. The van der Waals surface area contributed by atoms with Crippen molar-refractivity contribution in [2.75, 3.05) is 0 Å². The zero-order chi connectivity index (χ0) is 23.1. The van der Waals surface area contributed by atoms with Crippen molar-refractivity contribution in [2.45, 2.75) is 27.6 Å². The number of phenols is 1. The number of aromatic hydroxyl groups is 1. The summed E-state index contributed by atoms with van der Waals surface area (Å²) in [6.45, 7) is 0. The molecule has 3 aromatic rings. The Balaban J connectivity index is 2.47. The summed E-state index contributed by atoms with van der Waals surface area (Å²) in [5, 5.41) is 9.37. The number of sulfone groups is 1. The lowest BCUT2D eigenvalue weighted by atomic mass is 9.73. The van der Waals surface area contributed by atoms with Gasteiger partial charge in [-0.3, -0.25) is 0 Å². The fourth-order valence-corrected chi connectivity index (χ4v) is 4.94. The second-order valence-electron chi connectivity index (χ2n) is 6.61. The van der Waals surface area contributed by atoms with Crippen molar-refractivity contribution < 1.29 is 39.9 Å². The zero-order valence-corrected chi connectivity index (χ0v) is 16.3. The van der Waals surface area contributed by atoms with Crippen molar-refractivity contribution in [1.29, 1.82) is 0 Å². The van der Waals surface area contributed by atoms with Crippen LogP contribution in [0.15, 0.2) is 88.7 Å². The van der Waals surface area contributed by atoms with Crippen LogP contribution in [0, 0.1) is 0 Å². The Bertz CT molecular complexity index is 1150. The minimum Gasteiger partial charge on any atom is -0.508 e. The van der Waals surface area contributed by atoms with Crippen LogP contribution in [0.4, 0.5) is 26.3 Å². The molecule has 0 aliphatic rings. The van der Waals surface area contributed by atoms with E-state index in [0.29, 0.717) is 36.4 Å². The minimum atomic E-state index is -5.97. The van der Waals surface area contributed by atoms with E-state index < -0.39 is 54.3 Å². The maximum absolute atomic E-state index is 14.3. The molecule has 0 fully saturated rings. The molecule has 0 heterocycles. The maximum Gasteiger partial charge on any atom is 0.411 e. The van der Waals surface area contributed by atoms with Gasteiger partial charge in [0, 0.05) is 0 Å². The van der Waals surface area contributed by atoms with E-state index in [0.717, 1.165) is 24.3 Å². The van der Waals surface area contributed by atoms with Crippen LogP contribution in [-0.4, -0.2) is 25.9 Å². The number of benzene rings is 3. The Morgan fingerprint density at radius 2 is 1.13 bits per heavy atom. The summed E-state index contributed by atoms with van der Waals surface area (Å²) in [5.74, 6) is -0.549. The smallest absolute Gasteiger partial charge is 0.411 e. The number of hydrogen-bond acceptors (Lipinski definition) is 3. The molecule has 0 atom stereocenters. The van der Waals surface area contributed by atoms with E-state index in [1.165, 1.54) is 18.2 Å². The van der Waals surface area contributed by atoms with Crippen molar-refractivity contribution in [3.05, 3.63) is 90.0 Å². The third kappa shape index (κ3) is 3.65. The average Bonchev–Trinajstić information content (AvgIpc) is 2.69. The lowest BCUT2D eigenvalue weighted by Gasteiger charge is -2.39. The number of phenolic OH excluding ortho intramolecular Hbond substituents is 1. The van der Waals surface area contributed by atoms with Crippen molar-refractivity contribution >= 4 is 9.84 Å². The maximum atomic E-state index is 14.3. The molecule has 0 aliphatic heterocycles. The van der Waals surface area contributed by atoms with E-state index in [4.69, 9.17) is 0 Å². The standard InChI is InChI=1S/C21H14F6O3S/c22-20(23,24)19(21(25,26)27,14-10-12-15(28)13-11-14)17-8-4-5-9-18(17)31(29,30)16-6-2-1-3-7-16/h1-13,28H. The van der Waals surface area contributed by atoms with Crippen LogP contribution in [-0.2, 0) is 15.3 Å². The highest BCUT2D eigenvalue weighted by molar-refractivity contribution is 7.91. The van der Waals surface area contributed by atoms with Gasteiger partial charge in [0.2, 0.25) is 15.3 Å². The van der Waals surface area contributed by atoms with Crippen LogP contribution in [0.2, 0.25) is 0 Å². The van der Waals surface area contributed by atoms with E-state index in [9.17, 15) is 39.9 Å². The van der Waals surface area contributed by atoms with E-state index in [1.54, 1.807) is 0 Å². The predicted molar refractivity (Wildman–Crippen MR) is 99.3 cm³/mol. The first kappa shape index (κ1) is 22.7. The van der Waals surface area contributed by atoms with Crippen LogP contribution in [0.25, 0.3) is 0 Å². The predicted octanol–water partition coefficient (Wildman–Crippen LogP) is 5.64. The molecule has 0 bridgehead atoms. The Kier molecular flexibility index (Phi) is 5.56. The lowest BCUT2D eigenvalue weighted by Crippen LogP contribution is -2.55. The Morgan fingerprint density at radius 3 is 1.65 bits per heavy atom. The molecule has 3 nitrogen and oxygen atoms in total. The highest BCUT2D eigenvalue weighted by Gasteiger charge is 2.73. The molecule has 10 heteroatoms. The molecule has 0 spiro atoms. The highest BCUT2D eigenvalue weighted by atomic mass is 32.2. The number of alkyl halides is 6. The summed E-state index contributed by atoms with van der Waals surface area (Å²) >= 11 is 0. The van der Waals surface area contributed by atoms with Gasteiger partial charge >= 0.3 is 12.4 Å². The Labute approximate surface area is 173 Å². The quantitative estimate of drug-likeness (QED) is 0.513. The molecule has 0 saturated carbocycles. The van der Waals surface area contributed by atoms with Crippen LogP contribution < -0.4 is 0 Å². The first-order valence-electron chi connectivity index (χ1n) is 8.66. The van der Waals surface area contributed by atoms with Gasteiger partial charge in [-0.1, -0.05) is 48.5 Å². The van der Waals surface area contributed by atoms with Crippen molar-refractivity contribution in [3.8, 4) is 5.75 Å². The minimum absolute atomic E-state index is 0.452. The molecule has 164 valence electrons. The second kappa shape index (κ2) is 7.60. The SMILES string of the molecule is O=S(=O)(c1ccccc1)c1ccccc1C(c1ccc(O)cc1)(C(F)(F)F)C(F)(F)F. The molecule has 3 aromatic carbocycles. The van der Waals surface area contributed by atoms with Gasteiger partial charge in [-0.15, -0.1) is 0 Å². The molecule has 3 rings (SSSR count). The van der Waals surface area contributed by atoms with Gasteiger partial charge in [-0.05, 0) is 41.5 Å². The van der Waals surface area contributed by atoms with Gasteiger partial charge in [-0.25, -0.2) is 8.42 Å². The summed E-state index contributed by atoms with van der Waals surface area (Å²) in [6.07, 6.45) is -11.9. The van der Waals surface area contributed by atoms with Crippen LogP contribution in [0.3, 0.4) is 0 Å². The van der Waals surface area contributed by atoms with Gasteiger partial charge in [0.05, 0.1) is 9.79 Å². The second-order valence-corrected chi connectivity index (χ2v) is 8.52. The molecule has 0 aromatic heterocycles. The van der Waals surface area contributed by atoms with Crippen LogP contribution in [0.5, 0.6) is 5.75 Å². The van der Waals surface area contributed by atoms with Crippen LogP contribution in [0.1, 0.15) is 11.1 Å². The van der Waals surface area contributed by atoms with Crippen LogP contribution >= 0.6 is 0 Å². The Morgan fingerprint density at radius 1 is 0.645 bits per heavy atom. The molecular formula is C21H14F6O3S. The third-order valence-electron chi connectivity index (χ3n) is 4.78. The Hall–Kier alpha value is -3.01. The topological polar surface area (TPSA) is 54.4 Å². The summed E-state index contributed by atoms with van der Waals surface area (Å²) in [4.78, 5) is -1.57. The number of halogens is 6. The molecule has 0 aliphatic carbocycles. The van der Waals surface area contributed by atoms with Crippen molar-refractivity contribution in [3.63, 3.8) is 0 Å². The third-order valence-corrected chi connectivity index (χ3v) is 6.61. The largest absolute Gasteiger partial charge is 0.508 e. The summed E-state index contributed by atoms with van der Waals surface area (Å²) in [7, 11) is -4.74. The van der Waals surface area contributed by atoms with Crippen molar-refractivity contribution in [2.24, 2.45) is 0 Å². The molecule has 31 heavy (non-hydrogen) atoms. The van der Waals surface area contributed by atoms with Gasteiger partial charge in [0.15, 0.2) is 0 Å². The van der Waals surface area contributed by atoms with E-state index >= 15 is 0 Å². The highest BCUT2D eigenvalue weighted by Crippen LogP contribution is 2.57. The van der Waals surface area contributed by atoms with Gasteiger partial charge in [-0.2, -0.15) is 26.3 Å². The van der Waals surface area contributed by atoms with Gasteiger partial charge < -0.3 is 5.11 Å². The zero-order valence-electron chi connectivity index (χ0n) is 15.4. The molecule has 0 unspecified atom stereocenters. The molecule has 0 saturated heterocycles. The lowest BCUT2D eigenvalue weighted by molar-refractivity contribution is -0.289. The number of hydrogen-bond donors (Lipinski definition) is 1. The van der Waals surface area contributed by atoms with Crippen molar-refractivity contribution in [1.82, 2.24) is 0 Å². The van der Waals surface area contributed by atoms with Gasteiger partial charge in [0.25, 0.3) is 0 Å². The van der Waals surface area contributed by atoms with Gasteiger partial charge in [0.1, 0.15) is 5.75 Å². The number of rotatable bonds is 4. The van der Waals surface area contributed by atoms with E-state index in [2.05, 4.69) is 0 Å². The average molecular weight is 460 g/mol. The summed E-state index contributed by atoms with van der Waals surface area (Å²) < 4.78 is 112. The molecule has 0 radical (unpaired) electrons. The molecular weight excluding hydrogens is 446 g/mol. The first-order chi connectivity index (χ1) is 14.3. The normalized spacial score (nSPS) is 13.2. The monoisotopic (exact) mass is 460 g/mol. The fourth-order valence-electron chi connectivity index (χ4n) is 3.40. The first-order valence-corrected chi connectivity index (χ1v) is 10.1. The molecule has 1 N–H and O–H groups in total. The van der Waals surface area contributed by atoms with E-state index in [1.807, 2.05) is 0 Å². The summed E-state index contributed by atoms with van der Waals surface area (Å²) in [5.41, 5.74) is -7.42. The fraction of sp³-hybridized carbons (Fsp3) is 0.143. The summed E-state index contributed by atoms with van der Waals surface area (Å²) in [6, 6.07) is 11.7. The van der Waals surface area contributed by atoms with E-state index in [-0.39, 0.29) is 0 Å².